The molecule has 6 nitrogen and oxygen atoms in total. The average Bonchev–Trinajstić information content (AvgIpc) is 2.26. The lowest BCUT2D eigenvalue weighted by Gasteiger charge is -2.43. The van der Waals surface area contributed by atoms with E-state index < -0.39 is 18.1 Å². The number of morpholine rings is 1. The Kier molecular flexibility index (Phi) is 4.56. The number of urea groups is 1. The first kappa shape index (κ1) is 14.3. The first-order valence-corrected chi connectivity index (χ1v) is 5.68. The van der Waals surface area contributed by atoms with Gasteiger partial charge in [0.05, 0.1) is 25.3 Å². The van der Waals surface area contributed by atoms with Crippen molar-refractivity contribution in [3.05, 3.63) is 0 Å². The van der Waals surface area contributed by atoms with Crippen molar-refractivity contribution in [1.82, 2.24) is 9.80 Å². The summed E-state index contributed by atoms with van der Waals surface area (Å²) in [5, 5.41) is 8.78. The minimum Gasteiger partial charge on any atom is -0.480 e. The lowest BCUT2D eigenvalue weighted by Crippen LogP contribution is -2.59. The second-order valence-corrected chi connectivity index (χ2v) is 4.75. The summed E-state index contributed by atoms with van der Waals surface area (Å²) >= 11 is 0. The number of ether oxygens (including phenoxy) is 1. The van der Waals surface area contributed by atoms with Crippen LogP contribution in [-0.2, 0) is 9.53 Å². The van der Waals surface area contributed by atoms with Gasteiger partial charge in [-0.3, -0.25) is 4.79 Å². The summed E-state index contributed by atoms with van der Waals surface area (Å²) < 4.78 is 5.32. The van der Waals surface area contributed by atoms with Crippen LogP contribution in [0, 0.1) is 12.3 Å². The summed E-state index contributed by atoms with van der Waals surface area (Å²) in [6.45, 7) is 4.65. The Hall–Kier alpha value is -1.74. The molecular formula is C12H18N2O4. The van der Waals surface area contributed by atoms with Gasteiger partial charge in [-0.15, -0.1) is 6.42 Å². The average molecular weight is 254 g/mol. The van der Waals surface area contributed by atoms with E-state index in [4.69, 9.17) is 16.3 Å². The summed E-state index contributed by atoms with van der Waals surface area (Å²) in [5.74, 6) is 1.23. The molecule has 1 heterocycles. The smallest absolute Gasteiger partial charge is 0.323 e. The van der Waals surface area contributed by atoms with Gasteiger partial charge >= 0.3 is 12.0 Å². The molecule has 1 fully saturated rings. The van der Waals surface area contributed by atoms with E-state index in [1.54, 1.807) is 4.90 Å². The molecule has 0 aliphatic carbocycles. The van der Waals surface area contributed by atoms with Crippen LogP contribution in [0.15, 0.2) is 0 Å². The number of terminal acetylenes is 1. The van der Waals surface area contributed by atoms with Crippen molar-refractivity contribution in [3.63, 3.8) is 0 Å². The predicted octanol–water partition coefficient (Wildman–Crippen LogP) is 0.237. The molecule has 18 heavy (non-hydrogen) atoms. The van der Waals surface area contributed by atoms with Crippen molar-refractivity contribution < 1.29 is 19.4 Å². The molecule has 2 amide bonds. The first-order chi connectivity index (χ1) is 8.38. The van der Waals surface area contributed by atoms with Gasteiger partial charge in [-0.1, -0.05) is 5.92 Å². The van der Waals surface area contributed by atoms with Crippen molar-refractivity contribution >= 4 is 12.0 Å². The Labute approximate surface area is 106 Å². The van der Waals surface area contributed by atoms with E-state index in [9.17, 15) is 9.59 Å². The van der Waals surface area contributed by atoms with Gasteiger partial charge in [0.2, 0.25) is 0 Å². The topological polar surface area (TPSA) is 70.1 Å². The van der Waals surface area contributed by atoms with Gasteiger partial charge in [0, 0.05) is 6.54 Å². The van der Waals surface area contributed by atoms with E-state index in [-0.39, 0.29) is 12.6 Å². The van der Waals surface area contributed by atoms with Gasteiger partial charge in [0.25, 0.3) is 0 Å². The maximum atomic E-state index is 12.3. The second kappa shape index (κ2) is 5.74. The highest BCUT2D eigenvalue weighted by Crippen LogP contribution is 2.20. The van der Waals surface area contributed by atoms with Crippen molar-refractivity contribution in [3.8, 4) is 12.3 Å². The van der Waals surface area contributed by atoms with Crippen molar-refractivity contribution in [1.29, 1.82) is 0 Å². The third-order valence-corrected chi connectivity index (χ3v) is 2.75. The number of carboxylic acid groups (broad SMARTS) is 1. The van der Waals surface area contributed by atoms with Crippen LogP contribution in [0.4, 0.5) is 4.79 Å². The number of rotatable bonds is 3. The lowest BCUT2D eigenvalue weighted by atomic mass is 10.0. The van der Waals surface area contributed by atoms with Crippen LogP contribution in [0.1, 0.15) is 13.8 Å². The molecule has 1 aliphatic heterocycles. The second-order valence-electron chi connectivity index (χ2n) is 4.75. The summed E-state index contributed by atoms with van der Waals surface area (Å²) in [6, 6.07) is -0.358. The third kappa shape index (κ3) is 3.37. The summed E-state index contributed by atoms with van der Waals surface area (Å²) in [4.78, 5) is 25.8. The molecule has 0 atom stereocenters. The summed E-state index contributed by atoms with van der Waals surface area (Å²) in [6.07, 6.45) is 5.16. The number of carbonyl (C=O) groups is 2. The number of hydrogen-bond acceptors (Lipinski definition) is 3. The first-order valence-electron chi connectivity index (χ1n) is 5.68. The quantitative estimate of drug-likeness (QED) is 0.732. The van der Waals surface area contributed by atoms with E-state index in [0.29, 0.717) is 19.8 Å². The summed E-state index contributed by atoms with van der Waals surface area (Å²) in [7, 11) is 0. The fourth-order valence-corrected chi connectivity index (χ4v) is 1.85. The zero-order valence-corrected chi connectivity index (χ0v) is 10.7. The highest BCUT2D eigenvalue weighted by molar-refractivity contribution is 5.81. The van der Waals surface area contributed by atoms with E-state index in [0.717, 1.165) is 4.90 Å². The molecule has 1 aliphatic rings. The van der Waals surface area contributed by atoms with Gasteiger partial charge in [0.15, 0.2) is 0 Å². The molecule has 6 heteroatoms. The van der Waals surface area contributed by atoms with E-state index in [1.807, 2.05) is 13.8 Å². The Balaban J connectivity index is 2.81. The van der Waals surface area contributed by atoms with Crippen LogP contribution in [0.3, 0.4) is 0 Å². The highest BCUT2D eigenvalue weighted by atomic mass is 16.5. The highest BCUT2D eigenvalue weighted by Gasteiger charge is 2.36. The van der Waals surface area contributed by atoms with Gasteiger partial charge < -0.3 is 19.6 Å². The molecule has 0 aromatic rings. The molecule has 0 bridgehead atoms. The van der Waals surface area contributed by atoms with Crippen LogP contribution in [0.5, 0.6) is 0 Å². The molecule has 0 spiro atoms. The molecule has 1 saturated heterocycles. The molecule has 0 unspecified atom stereocenters. The van der Waals surface area contributed by atoms with Gasteiger partial charge in [0.1, 0.15) is 6.54 Å². The van der Waals surface area contributed by atoms with E-state index >= 15 is 0 Å². The zero-order chi connectivity index (χ0) is 13.8. The van der Waals surface area contributed by atoms with Crippen LogP contribution in [-0.4, -0.2) is 65.3 Å². The predicted molar refractivity (Wildman–Crippen MR) is 65.0 cm³/mol. The van der Waals surface area contributed by atoms with Crippen molar-refractivity contribution in [2.75, 3.05) is 32.8 Å². The van der Waals surface area contributed by atoms with Crippen LogP contribution in [0.2, 0.25) is 0 Å². The van der Waals surface area contributed by atoms with Gasteiger partial charge in [-0.2, -0.15) is 0 Å². The Morgan fingerprint density at radius 2 is 2.22 bits per heavy atom. The monoisotopic (exact) mass is 254 g/mol. The fraction of sp³-hybridized carbons (Fsp3) is 0.667. The molecule has 0 radical (unpaired) electrons. The number of nitrogens with zero attached hydrogens (tertiary/aromatic N) is 2. The molecule has 0 aromatic carbocycles. The normalized spacial score (nSPS) is 17.9. The van der Waals surface area contributed by atoms with E-state index in [1.165, 1.54) is 0 Å². The maximum Gasteiger partial charge on any atom is 0.323 e. The molecule has 1 rings (SSSR count). The standard InChI is InChI=1S/C12H18N2O4/c1-4-5-13(8-10(15)16)11(17)14-6-7-18-9-12(14,2)3/h1H,5-9H2,2-3H3,(H,15,16). The molecule has 1 N–H and O–H groups in total. The Bertz CT molecular complexity index is 373. The number of amides is 2. The van der Waals surface area contributed by atoms with Gasteiger partial charge in [-0.05, 0) is 13.8 Å². The maximum absolute atomic E-state index is 12.3. The third-order valence-electron chi connectivity index (χ3n) is 2.75. The van der Waals surface area contributed by atoms with Gasteiger partial charge in [-0.25, -0.2) is 4.79 Å². The molecule has 100 valence electrons. The fourth-order valence-electron chi connectivity index (χ4n) is 1.85. The lowest BCUT2D eigenvalue weighted by molar-refractivity contribution is -0.137. The van der Waals surface area contributed by atoms with Crippen molar-refractivity contribution in [2.24, 2.45) is 0 Å². The minimum absolute atomic E-state index is 0.0153. The summed E-state index contributed by atoms with van der Waals surface area (Å²) in [5.41, 5.74) is -0.458. The largest absolute Gasteiger partial charge is 0.480 e. The molecule has 0 aromatic heterocycles. The van der Waals surface area contributed by atoms with Crippen molar-refractivity contribution in [2.45, 2.75) is 19.4 Å². The number of carbonyl (C=O) groups excluding carboxylic acids is 1. The Morgan fingerprint density at radius 3 is 2.72 bits per heavy atom. The zero-order valence-electron chi connectivity index (χ0n) is 10.7. The molecule has 0 saturated carbocycles. The number of aliphatic carboxylic acids is 1. The molecular weight excluding hydrogens is 236 g/mol. The number of hydrogen-bond donors (Lipinski definition) is 1. The SMILES string of the molecule is C#CCN(CC(=O)O)C(=O)N1CCOCC1(C)C. The van der Waals surface area contributed by atoms with Crippen LogP contribution >= 0.6 is 0 Å². The van der Waals surface area contributed by atoms with E-state index in [2.05, 4.69) is 5.92 Å². The van der Waals surface area contributed by atoms with Crippen LogP contribution in [0.25, 0.3) is 0 Å². The number of carboxylic acids is 1. The Morgan fingerprint density at radius 1 is 1.56 bits per heavy atom. The van der Waals surface area contributed by atoms with Crippen LogP contribution < -0.4 is 0 Å². The minimum atomic E-state index is -1.08.